The molecule has 0 bridgehead atoms. The van der Waals surface area contributed by atoms with E-state index in [2.05, 4.69) is 32.4 Å². The fourth-order valence-electron chi connectivity index (χ4n) is 3.60. The number of benzene rings is 1. The molecule has 1 aliphatic heterocycles. The Morgan fingerprint density at radius 2 is 2.06 bits per heavy atom. The molecule has 5 N–H and O–H groups in total. The highest BCUT2D eigenvalue weighted by atomic mass is 79.9. The highest BCUT2D eigenvalue weighted by molar-refractivity contribution is 9.10. The highest BCUT2D eigenvalue weighted by Gasteiger charge is 2.45. The van der Waals surface area contributed by atoms with Gasteiger partial charge in [0.2, 0.25) is 11.7 Å². The predicted octanol–water partition coefficient (Wildman–Crippen LogP) is 0.434. The van der Waals surface area contributed by atoms with Crippen LogP contribution >= 0.6 is 15.9 Å². The maximum absolute atomic E-state index is 12.6. The molecule has 33 heavy (non-hydrogen) atoms. The SMILES string of the molecule is CC(C)C(=O)N[C@H]1[C@H]([C@H](O)[C@H](O)CO)OC(C(=O)O)=C[C@@H]1n1nc2cccc(Br)c2c1C#N. The van der Waals surface area contributed by atoms with Crippen molar-refractivity contribution in [3.05, 3.63) is 40.2 Å². The van der Waals surface area contributed by atoms with E-state index < -0.39 is 60.6 Å². The van der Waals surface area contributed by atoms with Crippen LogP contribution in [0.15, 0.2) is 34.5 Å². The number of nitrogens with zero attached hydrogens (tertiary/aromatic N) is 3. The second kappa shape index (κ2) is 9.88. The Morgan fingerprint density at radius 1 is 1.36 bits per heavy atom. The summed E-state index contributed by atoms with van der Waals surface area (Å²) >= 11 is 3.39. The summed E-state index contributed by atoms with van der Waals surface area (Å²) < 4.78 is 7.29. The third-order valence-corrected chi connectivity index (χ3v) is 5.99. The third kappa shape index (κ3) is 4.72. The number of hydrogen-bond acceptors (Lipinski definition) is 8. The predicted molar refractivity (Wildman–Crippen MR) is 118 cm³/mol. The summed E-state index contributed by atoms with van der Waals surface area (Å²) in [7, 11) is 0. The van der Waals surface area contributed by atoms with Crippen molar-refractivity contribution in [3.63, 3.8) is 0 Å². The first-order valence-electron chi connectivity index (χ1n) is 10.1. The van der Waals surface area contributed by atoms with Crippen molar-refractivity contribution in [3.8, 4) is 6.07 Å². The Morgan fingerprint density at radius 3 is 2.64 bits per heavy atom. The molecule has 0 saturated heterocycles. The van der Waals surface area contributed by atoms with E-state index in [0.717, 1.165) is 0 Å². The quantitative estimate of drug-likeness (QED) is 0.344. The Labute approximate surface area is 197 Å². The minimum Gasteiger partial charge on any atom is -0.478 e. The Hall–Kier alpha value is -2.98. The number of amides is 1. The van der Waals surface area contributed by atoms with Crippen molar-refractivity contribution < 1.29 is 34.8 Å². The number of nitrogens with one attached hydrogen (secondary N) is 1. The monoisotopic (exact) mass is 522 g/mol. The number of nitriles is 1. The van der Waals surface area contributed by atoms with Crippen LogP contribution in [0.3, 0.4) is 0 Å². The fraction of sp³-hybridized carbons (Fsp3) is 0.429. The lowest BCUT2D eigenvalue weighted by Gasteiger charge is -2.40. The van der Waals surface area contributed by atoms with Gasteiger partial charge in [0.05, 0.1) is 29.6 Å². The zero-order chi connectivity index (χ0) is 24.4. The number of fused-ring (bicyclic) bond motifs is 1. The summed E-state index contributed by atoms with van der Waals surface area (Å²) in [5, 5.41) is 57.1. The number of rotatable bonds is 7. The Bertz CT molecular complexity index is 1140. The van der Waals surface area contributed by atoms with Gasteiger partial charge in [0, 0.05) is 10.4 Å². The molecular weight excluding hydrogens is 500 g/mol. The van der Waals surface area contributed by atoms with Crippen LogP contribution in [0.2, 0.25) is 0 Å². The van der Waals surface area contributed by atoms with Gasteiger partial charge >= 0.3 is 5.97 Å². The van der Waals surface area contributed by atoms with E-state index in [1.165, 1.54) is 10.8 Å². The highest BCUT2D eigenvalue weighted by Crippen LogP contribution is 2.34. The number of ether oxygens (including phenoxy) is 1. The molecule has 0 unspecified atom stereocenters. The van der Waals surface area contributed by atoms with Crippen LogP contribution in [0.5, 0.6) is 0 Å². The van der Waals surface area contributed by atoms with Crippen LogP contribution in [0.1, 0.15) is 25.6 Å². The minimum absolute atomic E-state index is 0.0881. The molecule has 1 amide bonds. The van der Waals surface area contributed by atoms with Crippen LogP contribution in [-0.2, 0) is 14.3 Å². The number of halogens is 1. The standard InChI is InChI=1S/C21H23BrN4O7/c1-9(2)20(30)24-17-12(6-15(21(31)32)33-19(17)18(29)14(28)8-27)26-13(7-23)16-10(22)4-3-5-11(16)25-26/h3-6,9,12,14,17-19,27-29H,8H2,1-2H3,(H,24,30)(H,31,32)/t12-,14+,17+,18+,19+/m0/s1. The van der Waals surface area contributed by atoms with E-state index in [4.69, 9.17) is 4.74 Å². The topological polar surface area (TPSA) is 178 Å². The number of carbonyl (C=O) groups excluding carboxylic acids is 1. The smallest absolute Gasteiger partial charge is 0.370 e. The van der Waals surface area contributed by atoms with Crippen molar-refractivity contribution in [1.82, 2.24) is 15.1 Å². The second-order valence-corrected chi connectivity index (χ2v) is 8.73. The number of carbonyl (C=O) groups is 2. The summed E-state index contributed by atoms with van der Waals surface area (Å²) in [6.07, 6.45) is -3.73. The lowest BCUT2D eigenvalue weighted by molar-refractivity contribution is -0.147. The van der Waals surface area contributed by atoms with Gasteiger partial charge in [-0.15, -0.1) is 0 Å². The molecule has 12 heteroatoms. The Kier molecular flexibility index (Phi) is 7.38. The molecule has 1 aromatic heterocycles. The molecule has 1 aliphatic rings. The van der Waals surface area contributed by atoms with Crippen LogP contribution in [0, 0.1) is 17.2 Å². The molecule has 0 spiro atoms. The maximum atomic E-state index is 12.6. The summed E-state index contributed by atoms with van der Waals surface area (Å²) in [6, 6.07) is 4.96. The number of aliphatic hydroxyl groups is 3. The summed E-state index contributed by atoms with van der Waals surface area (Å²) in [6.45, 7) is 2.45. The van der Waals surface area contributed by atoms with Crippen molar-refractivity contribution >= 4 is 38.7 Å². The van der Waals surface area contributed by atoms with Gasteiger partial charge in [0.25, 0.3) is 0 Å². The number of aliphatic carboxylic acids is 1. The van der Waals surface area contributed by atoms with Crippen LogP contribution in [0.25, 0.3) is 10.9 Å². The zero-order valence-corrected chi connectivity index (χ0v) is 19.3. The van der Waals surface area contributed by atoms with Gasteiger partial charge in [-0.05, 0) is 34.1 Å². The van der Waals surface area contributed by atoms with Crippen LogP contribution in [0.4, 0.5) is 0 Å². The lowest BCUT2D eigenvalue weighted by atomic mass is 9.91. The zero-order valence-electron chi connectivity index (χ0n) is 17.7. The van der Waals surface area contributed by atoms with E-state index >= 15 is 0 Å². The molecule has 0 radical (unpaired) electrons. The summed E-state index contributed by atoms with van der Waals surface area (Å²) in [5.74, 6) is -2.93. The summed E-state index contributed by atoms with van der Waals surface area (Å²) in [4.78, 5) is 24.4. The molecule has 5 atom stereocenters. The molecule has 2 aromatic rings. The van der Waals surface area contributed by atoms with Crippen LogP contribution < -0.4 is 5.32 Å². The van der Waals surface area contributed by atoms with Gasteiger partial charge in [-0.3, -0.25) is 4.79 Å². The van der Waals surface area contributed by atoms with E-state index in [1.807, 2.05) is 0 Å². The largest absolute Gasteiger partial charge is 0.478 e. The first-order valence-corrected chi connectivity index (χ1v) is 10.9. The lowest BCUT2D eigenvalue weighted by Crippen LogP contribution is -2.59. The molecule has 176 valence electrons. The van der Waals surface area contributed by atoms with E-state index in [1.54, 1.807) is 32.0 Å². The molecule has 0 fully saturated rings. The maximum Gasteiger partial charge on any atom is 0.370 e. The summed E-state index contributed by atoms with van der Waals surface area (Å²) in [5.41, 5.74) is 0.532. The average molecular weight is 523 g/mol. The normalized spacial score (nSPS) is 22.2. The molecular formula is C21H23BrN4O7. The minimum atomic E-state index is -1.76. The second-order valence-electron chi connectivity index (χ2n) is 7.88. The van der Waals surface area contributed by atoms with Gasteiger partial charge in [-0.2, -0.15) is 10.4 Å². The van der Waals surface area contributed by atoms with Crippen molar-refractivity contribution in [1.29, 1.82) is 5.26 Å². The van der Waals surface area contributed by atoms with E-state index in [-0.39, 0.29) is 5.69 Å². The molecule has 11 nitrogen and oxygen atoms in total. The third-order valence-electron chi connectivity index (χ3n) is 5.33. The Balaban J connectivity index is 2.24. The van der Waals surface area contributed by atoms with Crippen molar-refractivity contribution in [2.24, 2.45) is 5.92 Å². The van der Waals surface area contributed by atoms with Gasteiger partial charge in [-0.25, -0.2) is 9.48 Å². The number of carboxylic acids is 1. The van der Waals surface area contributed by atoms with Crippen molar-refractivity contribution in [2.45, 2.75) is 44.2 Å². The molecule has 0 saturated carbocycles. The number of aliphatic hydroxyl groups excluding tert-OH is 3. The first-order chi connectivity index (χ1) is 15.6. The van der Waals surface area contributed by atoms with Gasteiger partial charge in [-0.1, -0.05) is 19.9 Å². The molecule has 0 aliphatic carbocycles. The molecule has 2 heterocycles. The van der Waals surface area contributed by atoms with Crippen molar-refractivity contribution in [2.75, 3.05) is 6.61 Å². The van der Waals surface area contributed by atoms with Gasteiger partial charge < -0.3 is 30.5 Å². The number of carboxylic acid groups (broad SMARTS) is 1. The average Bonchev–Trinajstić information content (AvgIpc) is 3.17. The van der Waals surface area contributed by atoms with E-state index in [0.29, 0.717) is 15.4 Å². The van der Waals surface area contributed by atoms with Gasteiger partial charge in [0.15, 0.2) is 0 Å². The fourth-order valence-corrected chi connectivity index (χ4v) is 4.14. The van der Waals surface area contributed by atoms with Gasteiger partial charge in [0.1, 0.15) is 30.1 Å². The number of aromatic nitrogens is 2. The van der Waals surface area contributed by atoms with E-state index in [9.17, 15) is 35.3 Å². The first kappa shape index (κ1) is 24.7. The van der Waals surface area contributed by atoms with Crippen LogP contribution in [-0.4, -0.2) is 73.0 Å². The number of hydrogen-bond donors (Lipinski definition) is 5. The molecule has 3 rings (SSSR count). The molecule has 1 aromatic carbocycles.